The monoisotopic (exact) mass is 425 g/mol. The van der Waals surface area contributed by atoms with Crippen molar-refractivity contribution in [3.8, 4) is 6.07 Å². The van der Waals surface area contributed by atoms with Crippen molar-refractivity contribution < 1.29 is 24.1 Å². The number of rotatable bonds is 1. The smallest absolute Gasteiger partial charge is 0.209 e. The van der Waals surface area contributed by atoms with Crippen LogP contribution in [0.2, 0.25) is 0 Å². The Hall–Kier alpha value is -1.52. The van der Waals surface area contributed by atoms with Crippen LogP contribution < -0.4 is 0 Å². The van der Waals surface area contributed by atoms with Gasteiger partial charge in [0.25, 0.3) is 0 Å². The highest BCUT2D eigenvalue weighted by molar-refractivity contribution is 6.01. The molecule has 0 bridgehead atoms. The van der Waals surface area contributed by atoms with E-state index in [1.54, 1.807) is 12.2 Å². The summed E-state index contributed by atoms with van der Waals surface area (Å²) in [5.74, 6) is -0.197. The van der Waals surface area contributed by atoms with E-state index in [2.05, 4.69) is 19.9 Å². The van der Waals surface area contributed by atoms with Crippen LogP contribution in [0.4, 0.5) is 0 Å². The van der Waals surface area contributed by atoms with Crippen LogP contribution in [-0.4, -0.2) is 46.7 Å². The Morgan fingerprint density at radius 2 is 2.00 bits per heavy atom. The molecule has 6 heteroatoms. The fourth-order valence-electron chi connectivity index (χ4n) is 8.60. The van der Waals surface area contributed by atoms with E-state index < -0.39 is 28.5 Å². The van der Waals surface area contributed by atoms with Gasteiger partial charge in [-0.3, -0.25) is 4.79 Å². The number of aliphatic hydroxyl groups is 1. The van der Waals surface area contributed by atoms with E-state index in [1.165, 1.54) is 0 Å². The Kier molecular flexibility index (Phi) is 3.69. The van der Waals surface area contributed by atoms with Gasteiger partial charge < -0.3 is 19.3 Å². The minimum Gasteiger partial charge on any atom is -0.393 e. The van der Waals surface area contributed by atoms with Crippen molar-refractivity contribution in [3.05, 3.63) is 23.8 Å². The predicted molar refractivity (Wildman–Crippen MR) is 110 cm³/mol. The van der Waals surface area contributed by atoms with Gasteiger partial charge in [0, 0.05) is 16.7 Å². The molecule has 0 aromatic rings. The predicted octanol–water partition coefficient (Wildman–Crippen LogP) is 3.06. The Morgan fingerprint density at radius 3 is 2.68 bits per heavy atom. The van der Waals surface area contributed by atoms with E-state index in [-0.39, 0.29) is 35.1 Å². The van der Waals surface area contributed by atoms with Crippen LogP contribution in [0.15, 0.2) is 23.8 Å². The normalized spacial score (nSPS) is 56.1. The lowest BCUT2D eigenvalue weighted by Crippen LogP contribution is -2.65. The molecule has 0 spiro atoms. The SMILES string of the molecule is CC1(C)O[C@@H]2C[C@H]3[C@@H]4CCC5=CC(=O)C=C[C@]5(C)[C@H]4[C@@H](O)C[C@]3(C)[C@]2(C2(C#N)CO2)O1. The molecule has 0 radical (unpaired) electrons. The summed E-state index contributed by atoms with van der Waals surface area (Å²) in [4.78, 5) is 12.0. The van der Waals surface area contributed by atoms with Gasteiger partial charge in [0.1, 0.15) is 11.7 Å². The number of carbonyl (C=O) groups excluding carboxylic acids is 1. The third kappa shape index (κ3) is 2.19. The van der Waals surface area contributed by atoms with E-state index in [4.69, 9.17) is 14.2 Å². The van der Waals surface area contributed by atoms with Crippen molar-refractivity contribution in [1.82, 2.24) is 0 Å². The average molecular weight is 426 g/mol. The number of aliphatic hydroxyl groups excluding tert-OH is 1. The maximum Gasteiger partial charge on any atom is 0.209 e. The molecule has 0 amide bonds. The zero-order valence-corrected chi connectivity index (χ0v) is 18.7. The molecule has 6 nitrogen and oxygen atoms in total. The van der Waals surface area contributed by atoms with E-state index >= 15 is 0 Å². The Balaban J connectivity index is 1.46. The zero-order chi connectivity index (χ0) is 22.0. The highest BCUT2D eigenvalue weighted by atomic mass is 16.8. The molecular weight excluding hydrogens is 394 g/mol. The molecule has 0 aromatic carbocycles. The third-order valence-electron chi connectivity index (χ3n) is 9.70. The van der Waals surface area contributed by atoms with E-state index in [0.29, 0.717) is 13.0 Å². The lowest BCUT2D eigenvalue weighted by atomic mass is 9.45. The van der Waals surface area contributed by atoms with Crippen molar-refractivity contribution in [2.24, 2.45) is 28.6 Å². The fraction of sp³-hybridized carbons (Fsp3) is 0.760. The molecule has 1 unspecified atom stereocenters. The van der Waals surface area contributed by atoms with Crippen LogP contribution in [0.3, 0.4) is 0 Å². The van der Waals surface area contributed by atoms with Gasteiger partial charge in [-0.25, -0.2) is 0 Å². The van der Waals surface area contributed by atoms with Gasteiger partial charge in [-0.05, 0) is 63.5 Å². The molecule has 2 aliphatic heterocycles. The number of nitriles is 1. The van der Waals surface area contributed by atoms with Gasteiger partial charge in [0.05, 0.1) is 18.8 Å². The fourth-order valence-corrected chi connectivity index (χ4v) is 8.60. The Morgan fingerprint density at radius 1 is 1.26 bits per heavy atom. The lowest BCUT2D eigenvalue weighted by Gasteiger charge is -2.60. The number of ether oxygens (including phenoxy) is 3. The number of ketones is 1. The third-order valence-corrected chi connectivity index (χ3v) is 9.70. The van der Waals surface area contributed by atoms with Crippen LogP contribution in [0, 0.1) is 39.9 Å². The number of epoxide rings is 1. The summed E-state index contributed by atoms with van der Waals surface area (Å²) in [5.41, 5.74) is -1.51. The topological polar surface area (TPSA) is 92.1 Å². The first kappa shape index (κ1) is 20.1. The minimum atomic E-state index is -1.01. The maximum atomic E-state index is 12.0. The maximum absolute atomic E-state index is 12.0. The largest absolute Gasteiger partial charge is 0.393 e. The van der Waals surface area contributed by atoms with Gasteiger partial charge >= 0.3 is 0 Å². The number of carbonyl (C=O) groups is 1. The number of nitrogens with zero attached hydrogens (tertiary/aromatic N) is 1. The number of hydrogen-bond acceptors (Lipinski definition) is 6. The molecule has 6 rings (SSSR count). The second kappa shape index (κ2) is 5.69. The van der Waals surface area contributed by atoms with Crippen molar-refractivity contribution >= 4 is 5.78 Å². The molecule has 2 saturated heterocycles. The van der Waals surface area contributed by atoms with E-state index in [0.717, 1.165) is 24.8 Å². The van der Waals surface area contributed by atoms with Crippen molar-refractivity contribution in [2.45, 2.75) is 82.6 Å². The van der Waals surface area contributed by atoms with E-state index in [1.807, 2.05) is 19.9 Å². The quantitative estimate of drug-likeness (QED) is 0.649. The minimum absolute atomic E-state index is 0.0389. The molecule has 5 fully saturated rings. The van der Waals surface area contributed by atoms with Gasteiger partial charge in [-0.15, -0.1) is 0 Å². The summed E-state index contributed by atoms with van der Waals surface area (Å²) in [6, 6.07) is 2.43. The highest BCUT2D eigenvalue weighted by Gasteiger charge is 2.84. The summed E-state index contributed by atoms with van der Waals surface area (Å²) in [7, 11) is 0. The summed E-state index contributed by atoms with van der Waals surface area (Å²) in [5, 5.41) is 21.8. The van der Waals surface area contributed by atoms with Crippen molar-refractivity contribution in [2.75, 3.05) is 6.61 Å². The number of fused-ring (bicyclic) bond motifs is 7. The van der Waals surface area contributed by atoms with Gasteiger partial charge in [0.15, 0.2) is 11.6 Å². The molecular formula is C25H31NO5. The first-order chi connectivity index (χ1) is 14.5. The molecule has 4 aliphatic carbocycles. The van der Waals surface area contributed by atoms with Crippen LogP contribution in [0.5, 0.6) is 0 Å². The first-order valence-corrected chi connectivity index (χ1v) is 11.6. The number of allylic oxidation sites excluding steroid dienone is 4. The molecule has 9 atom stereocenters. The van der Waals surface area contributed by atoms with Crippen molar-refractivity contribution in [1.29, 1.82) is 5.26 Å². The first-order valence-electron chi connectivity index (χ1n) is 11.6. The molecule has 3 saturated carbocycles. The zero-order valence-electron chi connectivity index (χ0n) is 18.7. The molecule has 6 aliphatic rings. The van der Waals surface area contributed by atoms with E-state index in [9.17, 15) is 15.2 Å². The van der Waals surface area contributed by atoms with Gasteiger partial charge in [-0.2, -0.15) is 5.26 Å². The Bertz CT molecular complexity index is 973. The number of hydrogen-bond donors (Lipinski definition) is 1. The summed E-state index contributed by atoms with van der Waals surface area (Å²) in [6.07, 6.45) is 7.79. The lowest BCUT2D eigenvalue weighted by molar-refractivity contribution is -0.238. The average Bonchev–Trinajstić information content (AvgIpc) is 3.38. The molecule has 1 N–H and O–H groups in total. The van der Waals surface area contributed by atoms with Gasteiger partial charge in [-0.1, -0.05) is 25.5 Å². The van der Waals surface area contributed by atoms with Crippen LogP contribution in [-0.2, 0) is 19.0 Å². The van der Waals surface area contributed by atoms with Crippen molar-refractivity contribution in [3.63, 3.8) is 0 Å². The molecule has 166 valence electrons. The summed E-state index contributed by atoms with van der Waals surface area (Å²) in [6.45, 7) is 8.53. The summed E-state index contributed by atoms with van der Waals surface area (Å²) >= 11 is 0. The second-order valence-corrected chi connectivity index (χ2v) is 11.5. The standard InChI is InChI=1S/C25H31NO5/c1-21(2)30-19-10-17-16-6-5-14-9-15(27)7-8-22(14,3)20(16)18(28)11-23(17,4)25(19,31-21)24(12-26)13-29-24/h7-9,16-20,28H,5-6,10-11,13H2,1-4H3/t16-,17-,18-,19+,20+,22-,23-,24?,25+/m0/s1. The second-order valence-electron chi connectivity index (χ2n) is 11.5. The molecule has 2 heterocycles. The summed E-state index contributed by atoms with van der Waals surface area (Å²) < 4.78 is 18.9. The van der Waals surface area contributed by atoms with Crippen LogP contribution >= 0.6 is 0 Å². The van der Waals surface area contributed by atoms with Crippen LogP contribution in [0.1, 0.15) is 53.4 Å². The molecule has 31 heavy (non-hydrogen) atoms. The van der Waals surface area contributed by atoms with Crippen LogP contribution in [0.25, 0.3) is 0 Å². The highest BCUT2D eigenvalue weighted by Crippen LogP contribution is 2.73. The Labute approximate surface area is 183 Å². The molecule has 0 aromatic heterocycles. The van der Waals surface area contributed by atoms with Gasteiger partial charge in [0.2, 0.25) is 5.60 Å².